The highest BCUT2D eigenvalue weighted by molar-refractivity contribution is 5.89. The van der Waals surface area contributed by atoms with Gasteiger partial charge in [0.1, 0.15) is 5.75 Å². The largest absolute Gasteiger partial charge is 0.493 e. The van der Waals surface area contributed by atoms with Crippen LogP contribution in [0.15, 0.2) is 24.4 Å². The van der Waals surface area contributed by atoms with E-state index in [4.69, 9.17) is 4.74 Å². The molecule has 1 N–H and O–H groups in total. The minimum absolute atomic E-state index is 0.837. The Hall–Kier alpha value is -1.44. The second kappa shape index (κ2) is 9.55. The Morgan fingerprint density at radius 2 is 1.68 bits per heavy atom. The van der Waals surface area contributed by atoms with Gasteiger partial charge in [0.05, 0.1) is 6.61 Å². The second-order valence-corrected chi connectivity index (χ2v) is 6.21. The number of hydrogen-bond acceptors (Lipinski definition) is 1. The Bertz CT molecular complexity index is 544. The lowest BCUT2D eigenvalue weighted by Crippen LogP contribution is -1.98. The zero-order chi connectivity index (χ0) is 15.6. The van der Waals surface area contributed by atoms with E-state index >= 15 is 0 Å². The van der Waals surface area contributed by atoms with Gasteiger partial charge in [-0.25, -0.2) is 0 Å². The van der Waals surface area contributed by atoms with Crippen molar-refractivity contribution in [3.05, 3.63) is 30.0 Å². The van der Waals surface area contributed by atoms with Crippen molar-refractivity contribution in [1.82, 2.24) is 4.98 Å². The molecule has 2 heteroatoms. The van der Waals surface area contributed by atoms with Crippen molar-refractivity contribution in [3.63, 3.8) is 0 Å². The molecule has 0 spiro atoms. The molecule has 0 unspecified atom stereocenters. The van der Waals surface area contributed by atoms with Crippen LogP contribution in [0.4, 0.5) is 0 Å². The first-order valence-corrected chi connectivity index (χ1v) is 9.08. The van der Waals surface area contributed by atoms with Crippen LogP contribution in [0.2, 0.25) is 0 Å². The first-order chi connectivity index (χ1) is 10.9. The highest BCUT2D eigenvalue weighted by Gasteiger charge is 2.08. The van der Waals surface area contributed by atoms with Crippen molar-refractivity contribution in [1.29, 1.82) is 0 Å². The fourth-order valence-electron chi connectivity index (χ4n) is 3.05. The van der Waals surface area contributed by atoms with Crippen molar-refractivity contribution in [3.8, 4) is 5.75 Å². The maximum Gasteiger partial charge on any atom is 0.128 e. The van der Waals surface area contributed by atoms with Gasteiger partial charge in [0, 0.05) is 17.1 Å². The van der Waals surface area contributed by atoms with E-state index in [-0.39, 0.29) is 0 Å². The van der Waals surface area contributed by atoms with Crippen molar-refractivity contribution >= 4 is 10.9 Å². The van der Waals surface area contributed by atoms with Crippen molar-refractivity contribution in [2.45, 2.75) is 71.6 Å². The molecule has 0 bridgehead atoms. The molecule has 2 rings (SSSR count). The third-order valence-electron chi connectivity index (χ3n) is 4.27. The second-order valence-electron chi connectivity index (χ2n) is 6.21. The van der Waals surface area contributed by atoms with Gasteiger partial charge in [-0.15, -0.1) is 0 Å². The molecule has 122 valence electrons. The third-order valence-corrected chi connectivity index (χ3v) is 4.27. The molecule has 0 aliphatic rings. The van der Waals surface area contributed by atoms with Gasteiger partial charge in [-0.3, -0.25) is 0 Å². The number of benzene rings is 1. The topological polar surface area (TPSA) is 25.0 Å². The molecule has 2 aromatic rings. The molecule has 2 nitrogen and oxygen atoms in total. The number of fused-ring (bicyclic) bond motifs is 1. The van der Waals surface area contributed by atoms with Crippen LogP contribution in [0.1, 0.15) is 70.8 Å². The number of H-pyrrole nitrogens is 1. The van der Waals surface area contributed by atoms with Gasteiger partial charge in [-0.2, -0.15) is 0 Å². The van der Waals surface area contributed by atoms with Crippen molar-refractivity contribution in [2.24, 2.45) is 0 Å². The van der Waals surface area contributed by atoms with E-state index in [0.29, 0.717) is 0 Å². The summed E-state index contributed by atoms with van der Waals surface area (Å²) in [5.41, 5.74) is 2.58. The number of unbranched alkanes of at least 4 members (excludes halogenated alkanes) is 6. The Morgan fingerprint density at radius 1 is 0.909 bits per heavy atom. The zero-order valence-electron chi connectivity index (χ0n) is 14.3. The molecule has 0 amide bonds. The van der Waals surface area contributed by atoms with Crippen LogP contribution in [0.5, 0.6) is 5.75 Å². The number of nitrogens with one attached hydrogen (secondary N) is 1. The summed E-state index contributed by atoms with van der Waals surface area (Å²) in [6, 6.07) is 6.32. The van der Waals surface area contributed by atoms with E-state index in [9.17, 15) is 0 Å². The number of rotatable bonds is 11. The van der Waals surface area contributed by atoms with E-state index < -0.39 is 0 Å². The predicted molar refractivity (Wildman–Crippen MR) is 95.8 cm³/mol. The molecular weight excluding hydrogens is 270 g/mol. The summed E-state index contributed by atoms with van der Waals surface area (Å²) < 4.78 is 6.07. The number of ether oxygens (including phenoxy) is 1. The molecule has 0 saturated carbocycles. The molecule has 1 aromatic carbocycles. The van der Waals surface area contributed by atoms with Gasteiger partial charge in [0.2, 0.25) is 0 Å². The monoisotopic (exact) mass is 301 g/mol. The lowest BCUT2D eigenvalue weighted by molar-refractivity contribution is 0.307. The lowest BCUT2D eigenvalue weighted by Gasteiger charge is -2.09. The molecular formula is C20H31NO. The van der Waals surface area contributed by atoms with Gasteiger partial charge in [0.25, 0.3) is 0 Å². The van der Waals surface area contributed by atoms with Gasteiger partial charge in [0.15, 0.2) is 0 Å². The summed E-state index contributed by atoms with van der Waals surface area (Å²) in [5.74, 6) is 1.05. The van der Waals surface area contributed by atoms with Crippen LogP contribution < -0.4 is 4.74 Å². The Labute approximate surface area is 135 Å². The smallest absolute Gasteiger partial charge is 0.128 e. The van der Waals surface area contributed by atoms with E-state index in [2.05, 4.69) is 43.2 Å². The molecule has 0 aliphatic heterocycles. The number of aromatic nitrogens is 1. The first kappa shape index (κ1) is 16.9. The molecule has 0 fully saturated rings. The number of aromatic amines is 1. The fourth-order valence-corrected chi connectivity index (χ4v) is 3.05. The molecule has 0 atom stereocenters. The van der Waals surface area contributed by atoms with E-state index in [1.165, 1.54) is 61.4 Å². The van der Waals surface area contributed by atoms with Crippen molar-refractivity contribution < 1.29 is 4.74 Å². The van der Waals surface area contributed by atoms with Crippen LogP contribution in [0.3, 0.4) is 0 Å². The summed E-state index contributed by atoms with van der Waals surface area (Å²) in [4.78, 5) is 3.36. The quantitative estimate of drug-likeness (QED) is 0.487. The SMILES string of the molecule is CCCCCCCCCOc1cccc2[nH]cc(CCC)c12. The Morgan fingerprint density at radius 3 is 2.45 bits per heavy atom. The molecule has 1 heterocycles. The van der Waals surface area contributed by atoms with Gasteiger partial charge in [-0.1, -0.05) is 64.9 Å². The summed E-state index contributed by atoms with van der Waals surface area (Å²) in [6.07, 6.45) is 13.7. The normalized spacial score (nSPS) is 11.2. The van der Waals surface area contributed by atoms with E-state index in [1.54, 1.807) is 0 Å². The Balaban J connectivity index is 1.80. The summed E-state index contributed by atoms with van der Waals surface area (Å²) in [6.45, 7) is 5.33. The number of aryl methyl sites for hydroxylation is 1. The lowest BCUT2D eigenvalue weighted by atomic mass is 10.1. The highest BCUT2D eigenvalue weighted by atomic mass is 16.5. The van der Waals surface area contributed by atoms with E-state index in [0.717, 1.165) is 25.2 Å². The summed E-state index contributed by atoms with van der Waals surface area (Å²) in [7, 11) is 0. The average Bonchev–Trinajstić information content (AvgIpc) is 2.94. The molecule has 0 aliphatic carbocycles. The van der Waals surface area contributed by atoms with Crippen LogP contribution in [0.25, 0.3) is 10.9 Å². The van der Waals surface area contributed by atoms with Crippen LogP contribution in [-0.2, 0) is 6.42 Å². The van der Waals surface area contributed by atoms with Crippen LogP contribution >= 0.6 is 0 Å². The van der Waals surface area contributed by atoms with Crippen molar-refractivity contribution in [2.75, 3.05) is 6.61 Å². The first-order valence-electron chi connectivity index (χ1n) is 9.08. The standard InChI is InChI=1S/C20H31NO/c1-3-5-6-7-8-9-10-15-22-19-14-11-13-18-20(19)17(12-4-2)16-21-18/h11,13-14,16,21H,3-10,12,15H2,1-2H3. The Kier molecular flexibility index (Phi) is 7.35. The summed E-state index contributed by atoms with van der Waals surface area (Å²) in [5, 5.41) is 1.28. The maximum absolute atomic E-state index is 6.07. The molecule has 0 saturated heterocycles. The van der Waals surface area contributed by atoms with Gasteiger partial charge in [-0.05, 0) is 30.5 Å². The highest BCUT2D eigenvalue weighted by Crippen LogP contribution is 2.29. The van der Waals surface area contributed by atoms with Gasteiger partial charge < -0.3 is 9.72 Å². The minimum Gasteiger partial charge on any atom is -0.493 e. The average molecular weight is 301 g/mol. The predicted octanol–water partition coefficient (Wildman–Crippen LogP) is 6.25. The third kappa shape index (κ3) is 4.79. The molecule has 0 radical (unpaired) electrons. The fraction of sp³-hybridized carbons (Fsp3) is 0.600. The van der Waals surface area contributed by atoms with Crippen LogP contribution in [-0.4, -0.2) is 11.6 Å². The maximum atomic E-state index is 6.07. The van der Waals surface area contributed by atoms with Crippen LogP contribution in [0, 0.1) is 0 Å². The zero-order valence-corrected chi connectivity index (χ0v) is 14.3. The molecule has 1 aromatic heterocycles. The van der Waals surface area contributed by atoms with E-state index in [1.807, 2.05) is 0 Å². The minimum atomic E-state index is 0.837. The van der Waals surface area contributed by atoms with Gasteiger partial charge >= 0.3 is 0 Å². The number of hydrogen-bond donors (Lipinski definition) is 1. The summed E-state index contributed by atoms with van der Waals surface area (Å²) >= 11 is 0. The molecule has 22 heavy (non-hydrogen) atoms.